The second kappa shape index (κ2) is 5.08. The molecule has 1 aromatic rings. The van der Waals surface area contributed by atoms with Gasteiger partial charge in [-0.3, -0.25) is 4.79 Å². The van der Waals surface area contributed by atoms with Crippen molar-refractivity contribution in [1.29, 1.82) is 0 Å². The Balaban J connectivity index is 2.43. The molecule has 1 aliphatic rings. The van der Waals surface area contributed by atoms with Gasteiger partial charge in [-0.2, -0.15) is 0 Å². The van der Waals surface area contributed by atoms with Crippen molar-refractivity contribution in [1.82, 2.24) is 0 Å². The summed E-state index contributed by atoms with van der Waals surface area (Å²) in [6.45, 7) is 2.64. The molecule has 1 atom stereocenters. The number of hydrogen-bond donors (Lipinski definition) is 2. The van der Waals surface area contributed by atoms with Crippen molar-refractivity contribution in [2.24, 2.45) is 5.73 Å². The zero-order valence-electron chi connectivity index (χ0n) is 9.72. The van der Waals surface area contributed by atoms with Crippen molar-refractivity contribution < 1.29 is 9.90 Å². The maximum Gasteiger partial charge on any atom is 0.240 e. The Morgan fingerprint density at radius 3 is 2.94 bits per heavy atom. The lowest BCUT2D eigenvalue weighted by molar-refractivity contribution is -0.118. The fourth-order valence-electron chi connectivity index (χ4n) is 1.91. The van der Waals surface area contributed by atoms with Crippen LogP contribution in [0.2, 0.25) is 0 Å². The molecule has 1 unspecified atom stereocenters. The van der Waals surface area contributed by atoms with E-state index < -0.39 is 0 Å². The highest BCUT2D eigenvalue weighted by atomic mass is 32.2. The summed E-state index contributed by atoms with van der Waals surface area (Å²) in [7, 11) is 0. The number of fused-ring (bicyclic) bond motifs is 1. The maximum absolute atomic E-state index is 12.0. The molecule has 0 saturated carbocycles. The van der Waals surface area contributed by atoms with Crippen LogP contribution in [0.25, 0.3) is 0 Å². The smallest absolute Gasteiger partial charge is 0.240 e. The van der Waals surface area contributed by atoms with Gasteiger partial charge in [0.05, 0.1) is 17.5 Å². The molecular weight excluding hydrogens is 236 g/mol. The van der Waals surface area contributed by atoms with Crippen LogP contribution >= 0.6 is 11.8 Å². The number of nitrogens with two attached hydrogens (primary N) is 1. The molecule has 2 rings (SSSR count). The molecule has 1 aliphatic heterocycles. The quantitative estimate of drug-likeness (QED) is 0.841. The average molecular weight is 252 g/mol. The summed E-state index contributed by atoms with van der Waals surface area (Å²) in [5.41, 5.74) is 7.47. The molecule has 0 spiro atoms. The number of thioether (sulfide) groups is 1. The molecule has 4 nitrogen and oxygen atoms in total. The van der Waals surface area contributed by atoms with Crippen molar-refractivity contribution in [2.45, 2.75) is 23.6 Å². The zero-order valence-corrected chi connectivity index (χ0v) is 10.5. The van der Waals surface area contributed by atoms with Crippen LogP contribution < -0.4 is 10.6 Å². The number of nitrogens with zero attached hydrogens (tertiary/aromatic N) is 1. The summed E-state index contributed by atoms with van der Waals surface area (Å²) in [5, 5.41) is 8.95. The molecule has 5 heteroatoms. The van der Waals surface area contributed by atoms with Crippen LogP contribution in [0.1, 0.15) is 12.5 Å². The van der Waals surface area contributed by atoms with Gasteiger partial charge < -0.3 is 15.7 Å². The van der Waals surface area contributed by atoms with Gasteiger partial charge in [0.2, 0.25) is 5.91 Å². The number of aliphatic hydroxyl groups is 1. The topological polar surface area (TPSA) is 66.6 Å². The van der Waals surface area contributed by atoms with E-state index in [4.69, 9.17) is 10.8 Å². The summed E-state index contributed by atoms with van der Waals surface area (Å²) in [4.78, 5) is 14.8. The van der Waals surface area contributed by atoms with E-state index in [0.717, 1.165) is 16.1 Å². The number of amides is 1. The second-order valence-electron chi connectivity index (χ2n) is 3.98. The van der Waals surface area contributed by atoms with E-state index in [1.54, 1.807) is 16.7 Å². The van der Waals surface area contributed by atoms with Crippen LogP contribution in [-0.2, 0) is 11.3 Å². The number of benzene rings is 1. The van der Waals surface area contributed by atoms with Crippen molar-refractivity contribution in [3.05, 3.63) is 23.8 Å². The molecule has 1 amide bonds. The van der Waals surface area contributed by atoms with Gasteiger partial charge in [-0.05, 0) is 24.6 Å². The number of anilines is 1. The first-order valence-electron chi connectivity index (χ1n) is 5.59. The second-order valence-corrected chi connectivity index (χ2v) is 5.36. The van der Waals surface area contributed by atoms with Gasteiger partial charge in [-0.1, -0.05) is 6.07 Å². The molecule has 0 bridgehead atoms. The van der Waals surface area contributed by atoms with E-state index in [1.807, 2.05) is 25.1 Å². The Morgan fingerprint density at radius 2 is 2.29 bits per heavy atom. The first-order chi connectivity index (χ1) is 8.17. The van der Waals surface area contributed by atoms with Crippen molar-refractivity contribution in [3.63, 3.8) is 0 Å². The van der Waals surface area contributed by atoms with E-state index in [-0.39, 0.29) is 17.8 Å². The van der Waals surface area contributed by atoms with Crippen molar-refractivity contribution >= 4 is 23.4 Å². The van der Waals surface area contributed by atoms with Crippen LogP contribution in [0.3, 0.4) is 0 Å². The third kappa shape index (κ3) is 2.31. The summed E-state index contributed by atoms with van der Waals surface area (Å²) >= 11 is 1.56. The van der Waals surface area contributed by atoms with Crippen LogP contribution in [0.4, 0.5) is 5.69 Å². The Kier molecular flexibility index (Phi) is 3.71. The molecular formula is C12H16N2O2S. The largest absolute Gasteiger partial charge is 0.395 e. The first-order valence-corrected chi connectivity index (χ1v) is 6.47. The number of carbonyl (C=O) groups excluding carboxylic acids is 1. The lowest BCUT2D eigenvalue weighted by Crippen LogP contribution is -2.41. The monoisotopic (exact) mass is 252 g/mol. The minimum Gasteiger partial charge on any atom is -0.395 e. The number of rotatable bonds is 3. The van der Waals surface area contributed by atoms with Gasteiger partial charge >= 0.3 is 0 Å². The molecule has 3 N–H and O–H groups in total. The molecule has 0 radical (unpaired) electrons. The lowest BCUT2D eigenvalue weighted by Gasteiger charge is -2.32. The fourth-order valence-corrected chi connectivity index (χ4v) is 2.96. The molecule has 0 aromatic heterocycles. The highest BCUT2D eigenvalue weighted by molar-refractivity contribution is 8.00. The number of carbonyl (C=O) groups is 1. The highest BCUT2D eigenvalue weighted by Gasteiger charge is 2.30. The summed E-state index contributed by atoms with van der Waals surface area (Å²) in [6, 6.07) is 5.91. The van der Waals surface area contributed by atoms with Gasteiger partial charge in [0.1, 0.15) is 0 Å². The van der Waals surface area contributed by atoms with E-state index in [9.17, 15) is 4.79 Å². The van der Waals surface area contributed by atoms with Crippen LogP contribution in [0, 0.1) is 0 Å². The first kappa shape index (κ1) is 12.4. The summed E-state index contributed by atoms with van der Waals surface area (Å²) in [6.07, 6.45) is 0. The van der Waals surface area contributed by atoms with Gasteiger partial charge in [0.25, 0.3) is 0 Å². The summed E-state index contributed by atoms with van der Waals surface area (Å²) < 4.78 is 0. The van der Waals surface area contributed by atoms with Gasteiger partial charge in [-0.25, -0.2) is 0 Å². The Bertz CT molecular complexity index is 437. The van der Waals surface area contributed by atoms with Crippen LogP contribution in [0.5, 0.6) is 0 Å². The third-order valence-corrected chi connectivity index (χ3v) is 3.95. The minimum absolute atomic E-state index is 0.0323. The standard InChI is InChI=1S/C12H16N2O2S/c1-8-12(16)14(4-5-15)10-6-9(7-13)2-3-11(10)17-8/h2-3,6,8,15H,4-5,7,13H2,1H3. The van der Waals surface area contributed by atoms with E-state index in [0.29, 0.717) is 13.1 Å². The van der Waals surface area contributed by atoms with Gasteiger partial charge in [0, 0.05) is 18.0 Å². The molecule has 17 heavy (non-hydrogen) atoms. The highest BCUT2D eigenvalue weighted by Crippen LogP contribution is 2.39. The zero-order chi connectivity index (χ0) is 12.4. The van der Waals surface area contributed by atoms with Crippen LogP contribution in [-0.4, -0.2) is 29.4 Å². The molecule has 0 fully saturated rings. The minimum atomic E-state index is -0.0993. The third-order valence-electron chi connectivity index (χ3n) is 2.79. The Labute approximate surface area is 105 Å². The number of hydrogen-bond acceptors (Lipinski definition) is 4. The predicted molar refractivity (Wildman–Crippen MR) is 69.1 cm³/mol. The molecule has 0 aliphatic carbocycles. The SMILES string of the molecule is CC1Sc2ccc(CN)cc2N(CCO)C1=O. The lowest BCUT2D eigenvalue weighted by atomic mass is 10.1. The fraction of sp³-hybridized carbons (Fsp3) is 0.417. The van der Waals surface area contributed by atoms with E-state index in [2.05, 4.69) is 0 Å². The normalized spacial score (nSPS) is 19.4. The summed E-state index contributed by atoms with van der Waals surface area (Å²) in [5.74, 6) is 0.0470. The number of β-amino-alcohol motifs (C(OH)–C–C–N with tert-alkyl or cyclic N) is 1. The van der Waals surface area contributed by atoms with Crippen molar-refractivity contribution in [2.75, 3.05) is 18.1 Å². The average Bonchev–Trinajstić information content (AvgIpc) is 2.34. The Hall–Kier alpha value is -1.04. The number of aliphatic hydroxyl groups excluding tert-OH is 1. The molecule has 1 aromatic carbocycles. The van der Waals surface area contributed by atoms with E-state index >= 15 is 0 Å². The molecule has 1 heterocycles. The van der Waals surface area contributed by atoms with Crippen molar-refractivity contribution in [3.8, 4) is 0 Å². The predicted octanol–water partition coefficient (Wildman–Crippen LogP) is 0.965. The maximum atomic E-state index is 12.0. The molecule has 92 valence electrons. The van der Waals surface area contributed by atoms with Crippen LogP contribution in [0.15, 0.2) is 23.1 Å². The van der Waals surface area contributed by atoms with E-state index in [1.165, 1.54) is 0 Å². The Morgan fingerprint density at radius 1 is 1.53 bits per heavy atom. The van der Waals surface area contributed by atoms with Gasteiger partial charge in [0.15, 0.2) is 0 Å². The molecule has 0 saturated heterocycles. The van der Waals surface area contributed by atoms with Gasteiger partial charge in [-0.15, -0.1) is 11.8 Å².